The number of carbonyl (C=O) groups is 1. The van der Waals surface area contributed by atoms with Crippen LogP contribution in [0.1, 0.15) is 111 Å². The molecule has 1 N–H and O–H groups in total. The number of nitrogens with zero attached hydrogens (tertiary/aromatic N) is 1. The molecule has 0 aromatic carbocycles. The third-order valence-electron chi connectivity index (χ3n) is 5.13. The van der Waals surface area contributed by atoms with Crippen molar-refractivity contribution < 1.29 is 4.79 Å². The molecule has 1 amide bonds. The highest BCUT2D eigenvalue weighted by Gasteiger charge is 2.19. The lowest BCUT2D eigenvalue weighted by Crippen LogP contribution is -2.45. The lowest BCUT2D eigenvalue weighted by Gasteiger charge is -2.25. The molecule has 0 heterocycles. The second-order valence-corrected chi connectivity index (χ2v) is 7.58. The molecular weight excluding hydrogens is 308 g/mol. The summed E-state index contributed by atoms with van der Waals surface area (Å²) in [7, 11) is 2.06. The number of likely N-dealkylation sites (N-methyl/N-ethyl adjacent to an activating group) is 1. The number of unbranched alkanes of at least 4 members (excludes halogenated alkanes) is 11. The molecular formula is C22H46N2O. The molecule has 0 aromatic rings. The zero-order chi connectivity index (χ0) is 18.8. The Kier molecular flexibility index (Phi) is 17.8. The number of hydrogen-bond acceptors (Lipinski definition) is 2. The van der Waals surface area contributed by atoms with Gasteiger partial charge in [0.2, 0.25) is 5.91 Å². The third kappa shape index (κ3) is 14.3. The minimum Gasteiger partial charge on any atom is -0.355 e. The zero-order valence-electron chi connectivity index (χ0n) is 17.7. The molecule has 0 radical (unpaired) electrons. The van der Waals surface area contributed by atoms with Gasteiger partial charge in [-0.2, -0.15) is 0 Å². The maximum absolute atomic E-state index is 12.2. The van der Waals surface area contributed by atoms with Gasteiger partial charge in [0.15, 0.2) is 0 Å². The van der Waals surface area contributed by atoms with Crippen LogP contribution in [-0.4, -0.2) is 37.0 Å². The van der Waals surface area contributed by atoms with Gasteiger partial charge in [0.05, 0.1) is 6.04 Å². The predicted molar refractivity (Wildman–Crippen MR) is 111 cm³/mol. The fourth-order valence-electron chi connectivity index (χ4n) is 3.50. The molecule has 0 unspecified atom stereocenters. The molecule has 0 rings (SSSR count). The standard InChI is InChI=1S/C22H46N2O/c1-5-8-9-10-11-12-13-14-15-16-17-18-19-23-22(25)21(7-3)24(4)20-6-2/h21H,5-20H2,1-4H3,(H,23,25)/t21-/m1/s1. The molecule has 0 aliphatic rings. The molecule has 25 heavy (non-hydrogen) atoms. The summed E-state index contributed by atoms with van der Waals surface area (Å²) in [4.78, 5) is 14.4. The number of carbonyl (C=O) groups excluding carboxylic acids is 1. The van der Waals surface area contributed by atoms with Gasteiger partial charge in [-0.05, 0) is 32.9 Å². The van der Waals surface area contributed by atoms with Crippen LogP contribution in [0.3, 0.4) is 0 Å². The first-order valence-electron chi connectivity index (χ1n) is 11.1. The van der Waals surface area contributed by atoms with Crippen molar-refractivity contribution >= 4 is 5.91 Å². The average Bonchev–Trinajstić information content (AvgIpc) is 2.60. The summed E-state index contributed by atoms with van der Waals surface area (Å²) in [6, 6.07) is 0.0391. The lowest BCUT2D eigenvalue weighted by atomic mass is 10.1. The van der Waals surface area contributed by atoms with E-state index in [2.05, 4.69) is 38.0 Å². The van der Waals surface area contributed by atoms with Crippen LogP contribution in [-0.2, 0) is 4.79 Å². The van der Waals surface area contributed by atoms with Crippen molar-refractivity contribution in [1.82, 2.24) is 10.2 Å². The van der Waals surface area contributed by atoms with E-state index < -0.39 is 0 Å². The summed E-state index contributed by atoms with van der Waals surface area (Å²) >= 11 is 0. The van der Waals surface area contributed by atoms with Crippen LogP contribution < -0.4 is 5.32 Å². The Balaban J connectivity index is 3.44. The van der Waals surface area contributed by atoms with Crippen molar-refractivity contribution in [3.63, 3.8) is 0 Å². The molecule has 1 atom stereocenters. The van der Waals surface area contributed by atoms with Gasteiger partial charge in [-0.15, -0.1) is 0 Å². The van der Waals surface area contributed by atoms with Crippen molar-refractivity contribution in [2.24, 2.45) is 0 Å². The summed E-state index contributed by atoms with van der Waals surface area (Å²) in [5.74, 6) is 0.210. The summed E-state index contributed by atoms with van der Waals surface area (Å²) in [6.07, 6.45) is 18.3. The summed E-state index contributed by atoms with van der Waals surface area (Å²) in [6.45, 7) is 8.36. The van der Waals surface area contributed by atoms with Crippen molar-refractivity contribution in [3.8, 4) is 0 Å². The highest BCUT2D eigenvalue weighted by atomic mass is 16.2. The zero-order valence-corrected chi connectivity index (χ0v) is 17.7. The Morgan fingerprint density at radius 1 is 0.760 bits per heavy atom. The van der Waals surface area contributed by atoms with Crippen molar-refractivity contribution in [1.29, 1.82) is 0 Å². The molecule has 0 aromatic heterocycles. The van der Waals surface area contributed by atoms with E-state index in [0.29, 0.717) is 0 Å². The molecule has 0 spiro atoms. The molecule has 0 aliphatic carbocycles. The average molecular weight is 355 g/mol. The van der Waals surface area contributed by atoms with E-state index in [-0.39, 0.29) is 11.9 Å². The Morgan fingerprint density at radius 3 is 1.68 bits per heavy atom. The highest BCUT2D eigenvalue weighted by Crippen LogP contribution is 2.11. The van der Waals surface area contributed by atoms with E-state index in [1.807, 2.05) is 0 Å². The SMILES string of the molecule is CCCCCCCCCCCCCCNC(=O)[C@@H](CC)N(C)CCC. The van der Waals surface area contributed by atoms with Gasteiger partial charge in [-0.1, -0.05) is 91.4 Å². The number of rotatable bonds is 18. The maximum Gasteiger partial charge on any atom is 0.237 e. The summed E-state index contributed by atoms with van der Waals surface area (Å²) in [5, 5.41) is 3.13. The molecule has 3 heteroatoms. The largest absolute Gasteiger partial charge is 0.355 e. The first kappa shape index (κ1) is 24.4. The fraction of sp³-hybridized carbons (Fsp3) is 0.955. The van der Waals surface area contributed by atoms with Crippen LogP contribution in [0, 0.1) is 0 Å². The second-order valence-electron chi connectivity index (χ2n) is 7.58. The Bertz CT molecular complexity index is 294. The molecule has 0 bridgehead atoms. The first-order chi connectivity index (χ1) is 12.2. The molecule has 150 valence electrons. The van der Waals surface area contributed by atoms with Crippen LogP contribution in [0.5, 0.6) is 0 Å². The summed E-state index contributed by atoms with van der Waals surface area (Å²) in [5.41, 5.74) is 0. The second kappa shape index (κ2) is 18.2. The highest BCUT2D eigenvalue weighted by molar-refractivity contribution is 5.81. The summed E-state index contributed by atoms with van der Waals surface area (Å²) < 4.78 is 0. The van der Waals surface area contributed by atoms with E-state index >= 15 is 0 Å². The van der Waals surface area contributed by atoms with E-state index in [4.69, 9.17) is 0 Å². The Labute approximate surface area is 158 Å². The third-order valence-corrected chi connectivity index (χ3v) is 5.13. The van der Waals surface area contributed by atoms with E-state index in [9.17, 15) is 4.79 Å². The van der Waals surface area contributed by atoms with Gasteiger partial charge >= 0.3 is 0 Å². The van der Waals surface area contributed by atoms with Gasteiger partial charge in [0.1, 0.15) is 0 Å². The quantitative estimate of drug-likeness (QED) is 0.310. The number of nitrogens with one attached hydrogen (secondary N) is 1. The van der Waals surface area contributed by atoms with E-state index in [0.717, 1.165) is 32.4 Å². The van der Waals surface area contributed by atoms with Crippen molar-refractivity contribution in [3.05, 3.63) is 0 Å². The Hall–Kier alpha value is -0.570. The lowest BCUT2D eigenvalue weighted by molar-refractivity contribution is -0.126. The maximum atomic E-state index is 12.2. The van der Waals surface area contributed by atoms with Gasteiger partial charge in [-0.25, -0.2) is 0 Å². The van der Waals surface area contributed by atoms with E-state index in [1.54, 1.807) is 0 Å². The molecule has 0 saturated heterocycles. The van der Waals surface area contributed by atoms with Crippen molar-refractivity contribution in [2.75, 3.05) is 20.1 Å². The minimum atomic E-state index is 0.0391. The first-order valence-corrected chi connectivity index (χ1v) is 11.1. The normalized spacial score (nSPS) is 12.5. The van der Waals surface area contributed by atoms with Gasteiger partial charge in [-0.3, -0.25) is 9.69 Å². The van der Waals surface area contributed by atoms with Crippen molar-refractivity contribution in [2.45, 2.75) is 117 Å². The van der Waals surface area contributed by atoms with Crippen LogP contribution >= 0.6 is 0 Å². The topological polar surface area (TPSA) is 32.3 Å². The van der Waals surface area contributed by atoms with Crippen LogP contribution in [0.25, 0.3) is 0 Å². The van der Waals surface area contributed by atoms with Gasteiger partial charge in [0, 0.05) is 6.54 Å². The fourth-order valence-corrected chi connectivity index (χ4v) is 3.50. The number of hydrogen-bond donors (Lipinski definition) is 1. The van der Waals surface area contributed by atoms with Gasteiger partial charge in [0.25, 0.3) is 0 Å². The monoisotopic (exact) mass is 354 g/mol. The van der Waals surface area contributed by atoms with Crippen LogP contribution in [0.15, 0.2) is 0 Å². The molecule has 3 nitrogen and oxygen atoms in total. The molecule has 0 fully saturated rings. The van der Waals surface area contributed by atoms with Crippen LogP contribution in [0.2, 0.25) is 0 Å². The Morgan fingerprint density at radius 2 is 1.24 bits per heavy atom. The molecule has 0 aliphatic heterocycles. The predicted octanol–water partition coefficient (Wildman–Crippen LogP) is 5.92. The van der Waals surface area contributed by atoms with E-state index in [1.165, 1.54) is 70.6 Å². The number of amides is 1. The molecule has 0 saturated carbocycles. The smallest absolute Gasteiger partial charge is 0.237 e. The van der Waals surface area contributed by atoms with Crippen LogP contribution in [0.4, 0.5) is 0 Å². The van der Waals surface area contributed by atoms with Gasteiger partial charge < -0.3 is 5.32 Å². The minimum absolute atomic E-state index is 0.0391.